The first-order valence-corrected chi connectivity index (χ1v) is 7.74. The maximum absolute atomic E-state index is 12.4. The zero-order valence-electron chi connectivity index (χ0n) is 9.61. The van der Waals surface area contributed by atoms with Crippen molar-refractivity contribution in [1.29, 1.82) is 0 Å². The van der Waals surface area contributed by atoms with E-state index in [4.69, 9.17) is 0 Å². The summed E-state index contributed by atoms with van der Waals surface area (Å²) in [6.45, 7) is 0. The van der Waals surface area contributed by atoms with Crippen molar-refractivity contribution < 1.29 is 13.2 Å². The molecule has 0 nitrogen and oxygen atoms in total. The summed E-state index contributed by atoms with van der Waals surface area (Å²) >= 11 is 3.77. The molecule has 1 fully saturated rings. The van der Waals surface area contributed by atoms with Crippen molar-refractivity contribution in [2.75, 3.05) is 11.5 Å². The Balaban J connectivity index is 1.99. The number of alkyl halides is 3. The van der Waals surface area contributed by atoms with Gasteiger partial charge >= 0.3 is 6.18 Å². The Kier molecular flexibility index (Phi) is 4.67. The Labute approximate surface area is 113 Å². The van der Waals surface area contributed by atoms with Crippen LogP contribution in [0.2, 0.25) is 0 Å². The Hall–Kier alpha value is -0.550. The predicted molar refractivity (Wildman–Crippen MR) is 73.8 cm³/mol. The number of benzene rings is 1. The van der Waals surface area contributed by atoms with Gasteiger partial charge in [0, 0.05) is 0 Å². The molecule has 5 heteroatoms. The van der Waals surface area contributed by atoms with Crippen molar-refractivity contribution in [3.63, 3.8) is 0 Å². The van der Waals surface area contributed by atoms with Crippen LogP contribution < -0.4 is 0 Å². The van der Waals surface area contributed by atoms with E-state index in [-0.39, 0.29) is 0 Å². The lowest BCUT2D eigenvalue weighted by molar-refractivity contribution is -0.137. The number of halogens is 3. The van der Waals surface area contributed by atoms with Gasteiger partial charge in [0.05, 0.1) is 10.1 Å². The van der Waals surface area contributed by atoms with E-state index in [0.29, 0.717) is 4.58 Å². The molecule has 18 heavy (non-hydrogen) atoms. The number of rotatable bonds is 2. The highest BCUT2D eigenvalue weighted by atomic mass is 32.2. The standard InChI is InChI=1S/C13H13F3S2/c14-13(15,16)11-5-2-10(3-6-11)4-7-12-17-8-1-9-18-12/h2-7,12H,1,8-9H2/b7-4+. The molecule has 0 N–H and O–H groups in total. The van der Waals surface area contributed by atoms with Crippen molar-refractivity contribution in [2.24, 2.45) is 0 Å². The van der Waals surface area contributed by atoms with Crippen LogP contribution in [-0.4, -0.2) is 16.1 Å². The Bertz CT molecular complexity index is 403. The molecule has 1 heterocycles. The summed E-state index contributed by atoms with van der Waals surface area (Å²) in [5.41, 5.74) is 0.218. The van der Waals surface area contributed by atoms with Crippen LogP contribution in [0.3, 0.4) is 0 Å². The van der Waals surface area contributed by atoms with Gasteiger partial charge in [-0.1, -0.05) is 24.3 Å². The molecule has 0 spiro atoms. The van der Waals surface area contributed by atoms with E-state index < -0.39 is 11.7 Å². The van der Waals surface area contributed by atoms with E-state index in [1.165, 1.54) is 18.6 Å². The van der Waals surface area contributed by atoms with Gasteiger partial charge in [0.25, 0.3) is 0 Å². The molecule has 98 valence electrons. The first-order chi connectivity index (χ1) is 8.55. The van der Waals surface area contributed by atoms with Crippen LogP contribution in [-0.2, 0) is 6.18 Å². The molecule has 0 aliphatic carbocycles. The average molecular weight is 290 g/mol. The zero-order valence-corrected chi connectivity index (χ0v) is 11.2. The Morgan fingerprint density at radius 2 is 1.67 bits per heavy atom. The molecule has 1 aliphatic heterocycles. The molecule has 1 saturated heterocycles. The van der Waals surface area contributed by atoms with Gasteiger partial charge in [-0.25, -0.2) is 0 Å². The van der Waals surface area contributed by atoms with E-state index >= 15 is 0 Å². The Morgan fingerprint density at radius 1 is 1.06 bits per heavy atom. The minimum Gasteiger partial charge on any atom is -0.166 e. The first kappa shape index (κ1) is 13.9. The lowest BCUT2D eigenvalue weighted by Gasteiger charge is -2.17. The van der Waals surface area contributed by atoms with Crippen LogP contribution in [0.1, 0.15) is 17.5 Å². The van der Waals surface area contributed by atoms with Crippen molar-refractivity contribution in [2.45, 2.75) is 17.2 Å². The molecule has 2 rings (SSSR count). The van der Waals surface area contributed by atoms with Gasteiger partial charge in [-0.15, -0.1) is 23.5 Å². The van der Waals surface area contributed by atoms with Gasteiger partial charge in [0.1, 0.15) is 0 Å². The van der Waals surface area contributed by atoms with Gasteiger partial charge in [0.2, 0.25) is 0 Å². The monoisotopic (exact) mass is 290 g/mol. The summed E-state index contributed by atoms with van der Waals surface area (Å²) < 4.78 is 37.5. The molecule has 0 aromatic heterocycles. The number of thioether (sulfide) groups is 2. The van der Waals surface area contributed by atoms with Gasteiger partial charge in [-0.3, -0.25) is 0 Å². The Morgan fingerprint density at radius 3 is 2.22 bits per heavy atom. The number of hydrogen-bond donors (Lipinski definition) is 0. The van der Waals surface area contributed by atoms with Crippen LogP contribution in [0.5, 0.6) is 0 Å². The van der Waals surface area contributed by atoms with Crippen LogP contribution in [0.25, 0.3) is 6.08 Å². The fourth-order valence-electron chi connectivity index (χ4n) is 1.59. The third-order valence-corrected chi connectivity index (χ3v) is 5.37. The lowest BCUT2D eigenvalue weighted by Crippen LogP contribution is -2.04. The highest BCUT2D eigenvalue weighted by Gasteiger charge is 2.29. The van der Waals surface area contributed by atoms with Crippen LogP contribution in [0, 0.1) is 0 Å². The molecule has 0 amide bonds. The largest absolute Gasteiger partial charge is 0.416 e. The van der Waals surface area contributed by atoms with E-state index in [9.17, 15) is 13.2 Å². The summed E-state index contributed by atoms with van der Waals surface area (Å²) in [6, 6.07) is 5.27. The maximum atomic E-state index is 12.4. The molecule has 0 unspecified atom stereocenters. The van der Waals surface area contributed by atoms with Crippen molar-refractivity contribution in [3.8, 4) is 0 Å². The molecule has 0 atom stereocenters. The van der Waals surface area contributed by atoms with Crippen LogP contribution >= 0.6 is 23.5 Å². The topological polar surface area (TPSA) is 0 Å². The molecular formula is C13H13F3S2. The third-order valence-electron chi connectivity index (χ3n) is 2.54. The highest BCUT2D eigenvalue weighted by Crippen LogP contribution is 2.32. The minimum atomic E-state index is -4.25. The van der Waals surface area contributed by atoms with E-state index in [0.717, 1.165) is 29.2 Å². The molecule has 1 aromatic carbocycles. The molecule has 1 aliphatic rings. The van der Waals surface area contributed by atoms with Gasteiger partial charge in [-0.05, 0) is 35.6 Å². The summed E-state index contributed by atoms with van der Waals surface area (Å²) in [5.74, 6) is 2.32. The molecular weight excluding hydrogens is 277 g/mol. The van der Waals surface area contributed by atoms with Crippen LogP contribution in [0.4, 0.5) is 13.2 Å². The lowest BCUT2D eigenvalue weighted by atomic mass is 10.1. The summed E-state index contributed by atoms with van der Waals surface area (Å²) in [5, 5.41) is 0. The van der Waals surface area contributed by atoms with Crippen molar-refractivity contribution in [3.05, 3.63) is 41.5 Å². The van der Waals surface area contributed by atoms with Crippen molar-refractivity contribution in [1.82, 2.24) is 0 Å². The first-order valence-electron chi connectivity index (χ1n) is 5.64. The smallest absolute Gasteiger partial charge is 0.166 e. The second kappa shape index (κ2) is 6.06. The summed E-state index contributed by atoms with van der Waals surface area (Å²) in [4.78, 5) is 0. The average Bonchev–Trinajstić information content (AvgIpc) is 2.37. The van der Waals surface area contributed by atoms with Gasteiger partial charge in [-0.2, -0.15) is 13.2 Å². The SMILES string of the molecule is FC(F)(F)c1ccc(/C=C/C2SCCCS2)cc1. The van der Waals surface area contributed by atoms with Gasteiger partial charge < -0.3 is 0 Å². The fourth-order valence-corrected chi connectivity index (χ4v) is 4.20. The predicted octanol–water partition coefficient (Wildman–Crippen LogP) is 4.91. The second-order valence-electron chi connectivity index (χ2n) is 3.94. The number of hydrogen-bond acceptors (Lipinski definition) is 2. The molecule has 1 aromatic rings. The highest BCUT2D eigenvalue weighted by molar-refractivity contribution is 8.17. The second-order valence-corrected chi connectivity index (χ2v) is 6.74. The molecule has 0 radical (unpaired) electrons. The van der Waals surface area contributed by atoms with E-state index in [1.807, 2.05) is 29.6 Å². The van der Waals surface area contributed by atoms with Crippen LogP contribution in [0.15, 0.2) is 30.3 Å². The van der Waals surface area contributed by atoms with Crippen molar-refractivity contribution >= 4 is 29.6 Å². The van der Waals surface area contributed by atoms with E-state index in [1.54, 1.807) is 0 Å². The normalized spacial score (nSPS) is 18.4. The minimum absolute atomic E-state index is 0.432. The third kappa shape index (κ3) is 3.99. The molecule has 0 saturated carbocycles. The van der Waals surface area contributed by atoms with Gasteiger partial charge in [0.15, 0.2) is 0 Å². The fraction of sp³-hybridized carbons (Fsp3) is 0.385. The summed E-state index contributed by atoms with van der Waals surface area (Å²) in [7, 11) is 0. The summed E-state index contributed by atoms with van der Waals surface area (Å²) in [6.07, 6.45) is 0.949. The maximum Gasteiger partial charge on any atom is 0.416 e. The van der Waals surface area contributed by atoms with E-state index in [2.05, 4.69) is 6.08 Å². The molecule has 0 bridgehead atoms. The zero-order chi connectivity index (χ0) is 13.0. The quantitative estimate of drug-likeness (QED) is 0.758.